The fourth-order valence-corrected chi connectivity index (χ4v) is 1.89. The van der Waals surface area contributed by atoms with Crippen LogP contribution in [0.2, 0.25) is 0 Å². The Morgan fingerprint density at radius 2 is 2.05 bits per heavy atom. The Kier molecular flexibility index (Phi) is 5.50. The summed E-state index contributed by atoms with van der Waals surface area (Å²) < 4.78 is 18.7. The van der Waals surface area contributed by atoms with Crippen LogP contribution in [0.1, 0.15) is 11.1 Å². The fourth-order valence-electron chi connectivity index (χ4n) is 1.89. The molecule has 0 aromatic heterocycles. The SMILES string of the molecule is N#Cc1cccc(OCC(=O)NCCc2ccccc2F)c1. The van der Waals surface area contributed by atoms with Gasteiger partial charge in [-0.1, -0.05) is 24.3 Å². The lowest BCUT2D eigenvalue weighted by atomic mass is 10.1. The van der Waals surface area contributed by atoms with Crippen molar-refractivity contribution in [1.82, 2.24) is 5.32 Å². The summed E-state index contributed by atoms with van der Waals surface area (Å²) in [5, 5.41) is 11.4. The number of ether oxygens (including phenoxy) is 1. The van der Waals surface area contributed by atoms with E-state index in [2.05, 4.69) is 5.32 Å². The lowest BCUT2D eigenvalue weighted by Gasteiger charge is -2.08. The van der Waals surface area contributed by atoms with Gasteiger partial charge >= 0.3 is 0 Å². The first kappa shape index (κ1) is 15.5. The van der Waals surface area contributed by atoms with Gasteiger partial charge in [0.1, 0.15) is 11.6 Å². The molecular weight excluding hydrogens is 283 g/mol. The molecule has 2 aromatic carbocycles. The van der Waals surface area contributed by atoms with Crippen molar-refractivity contribution in [2.45, 2.75) is 6.42 Å². The van der Waals surface area contributed by atoms with E-state index in [1.807, 2.05) is 6.07 Å². The molecule has 4 nitrogen and oxygen atoms in total. The minimum atomic E-state index is -0.293. The van der Waals surface area contributed by atoms with E-state index in [0.29, 0.717) is 29.8 Å². The number of carbonyl (C=O) groups is 1. The second kappa shape index (κ2) is 7.79. The standard InChI is InChI=1S/C17H15FN2O2/c18-16-7-2-1-5-14(16)8-9-20-17(21)12-22-15-6-3-4-13(10-15)11-19/h1-7,10H,8-9,12H2,(H,20,21). The highest BCUT2D eigenvalue weighted by Gasteiger charge is 2.05. The summed E-state index contributed by atoms with van der Waals surface area (Å²) in [6, 6.07) is 15.0. The highest BCUT2D eigenvalue weighted by atomic mass is 19.1. The van der Waals surface area contributed by atoms with Crippen molar-refractivity contribution in [2.24, 2.45) is 0 Å². The molecular formula is C17H15FN2O2. The van der Waals surface area contributed by atoms with Crippen molar-refractivity contribution in [3.63, 3.8) is 0 Å². The van der Waals surface area contributed by atoms with Crippen LogP contribution in [-0.2, 0) is 11.2 Å². The van der Waals surface area contributed by atoms with Gasteiger partial charge in [-0.05, 0) is 36.2 Å². The molecule has 2 aromatic rings. The molecule has 1 amide bonds. The van der Waals surface area contributed by atoms with Crippen molar-refractivity contribution >= 4 is 5.91 Å². The second-order valence-corrected chi connectivity index (χ2v) is 4.62. The van der Waals surface area contributed by atoms with Gasteiger partial charge in [0, 0.05) is 6.54 Å². The van der Waals surface area contributed by atoms with Crippen molar-refractivity contribution in [3.8, 4) is 11.8 Å². The number of nitrogens with zero attached hydrogens (tertiary/aromatic N) is 1. The molecule has 0 aliphatic rings. The monoisotopic (exact) mass is 298 g/mol. The van der Waals surface area contributed by atoms with Crippen LogP contribution in [0.15, 0.2) is 48.5 Å². The third-order valence-electron chi connectivity index (χ3n) is 3.01. The van der Waals surface area contributed by atoms with Crippen LogP contribution in [0.5, 0.6) is 5.75 Å². The molecule has 0 aliphatic heterocycles. The molecule has 2 rings (SSSR count). The number of nitrogens with one attached hydrogen (secondary N) is 1. The first-order chi connectivity index (χ1) is 10.7. The highest BCUT2D eigenvalue weighted by Crippen LogP contribution is 2.12. The smallest absolute Gasteiger partial charge is 0.257 e. The third-order valence-corrected chi connectivity index (χ3v) is 3.01. The van der Waals surface area contributed by atoms with E-state index < -0.39 is 0 Å². The van der Waals surface area contributed by atoms with Crippen molar-refractivity contribution < 1.29 is 13.9 Å². The molecule has 0 aliphatic carbocycles. The Hall–Kier alpha value is -2.87. The van der Waals surface area contributed by atoms with Crippen LogP contribution in [0, 0.1) is 17.1 Å². The van der Waals surface area contributed by atoms with Gasteiger partial charge in [-0.25, -0.2) is 4.39 Å². The number of hydrogen-bond acceptors (Lipinski definition) is 3. The third kappa shape index (κ3) is 4.60. The van der Waals surface area contributed by atoms with Crippen LogP contribution >= 0.6 is 0 Å². The first-order valence-electron chi connectivity index (χ1n) is 6.82. The average molecular weight is 298 g/mol. The van der Waals surface area contributed by atoms with E-state index in [4.69, 9.17) is 10.00 Å². The summed E-state index contributed by atoms with van der Waals surface area (Å²) in [5.41, 5.74) is 1.03. The summed E-state index contributed by atoms with van der Waals surface area (Å²) in [6.45, 7) is 0.188. The average Bonchev–Trinajstić information content (AvgIpc) is 2.55. The number of hydrogen-bond donors (Lipinski definition) is 1. The Balaban J connectivity index is 1.74. The zero-order valence-electron chi connectivity index (χ0n) is 11.9. The van der Waals surface area contributed by atoms with Gasteiger partial charge in [0.15, 0.2) is 6.61 Å². The number of benzene rings is 2. The zero-order chi connectivity index (χ0) is 15.8. The van der Waals surface area contributed by atoms with Crippen LogP contribution in [-0.4, -0.2) is 19.1 Å². The lowest BCUT2D eigenvalue weighted by Crippen LogP contribution is -2.30. The molecule has 5 heteroatoms. The van der Waals surface area contributed by atoms with Gasteiger partial charge in [-0.3, -0.25) is 4.79 Å². The molecule has 0 bridgehead atoms. The van der Waals surface area contributed by atoms with Crippen molar-refractivity contribution in [3.05, 3.63) is 65.5 Å². The molecule has 0 heterocycles. The minimum Gasteiger partial charge on any atom is -0.484 e. The molecule has 0 saturated heterocycles. The van der Waals surface area contributed by atoms with Crippen molar-refractivity contribution in [2.75, 3.05) is 13.2 Å². The molecule has 112 valence electrons. The number of carbonyl (C=O) groups excluding carboxylic acids is 1. The zero-order valence-corrected chi connectivity index (χ0v) is 11.9. The number of nitriles is 1. The van der Waals surface area contributed by atoms with E-state index >= 15 is 0 Å². The van der Waals surface area contributed by atoms with E-state index in [-0.39, 0.29) is 18.3 Å². The second-order valence-electron chi connectivity index (χ2n) is 4.62. The van der Waals surface area contributed by atoms with Gasteiger partial charge in [-0.15, -0.1) is 0 Å². The molecule has 1 N–H and O–H groups in total. The summed E-state index contributed by atoms with van der Waals surface area (Å²) >= 11 is 0. The Morgan fingerprint density at radius 3 is 2.82 bits per heavy atom. The predicted molar refractivity (Wildman–Crippen MR) is 79.8 cm³/mol. The minimum absolute atomic E-state index is 0.147. The van der Waals surface area contributed by atoms with Crippen LogP contribution < -0.4 is 10.1 Å². The number of halogens is 1. The highest BCUT2D eigenvalue weighted by molar-refractivity contribution is 5.77. The first-order valence-corrected chi connectivity index (χ1v) is 6.82. The summed E-state index contributed by atoms with van der Waals surface area (Å²) in [6.07, 6.45) is 0.419. The van der Waals surface area contributed by atoms with Gasteiger partial charge in [0.05, 0.1) is 11.6 Å². The molecule has 0 fully saturated rings. The molecule has 0 unspecified atom stereocenters. The van der Waals surface area contributed by atoms with Gasteiger partial charge in [0.25, 0.3) is 5.91 Å². The maximum Gasteiger partial charge on any atom is 0.257 e. The Bertz CT molecular complexity index is 695. The summed E-state index contributed by atoms with van der Waals surface area (Å²) in [7, 11) is 0. The maximum absolute atomic E-state index is 13.4. The van der Waals surface area contributed by atoms with Crippen molar-refractivity contribution in [1.29, 1.82) is 5.26 Å². The fraction of sp³-hybridized carbons (Fsp3) is 0.176. The van der Waals surface area contributed by atoms with Crippen LogP contribution in [0.3, 0.4) is 0 Å². The van der Waals surface area contributed by atoms with E-state index in [1.54, 1.807) is 42.5 Å². The Labute approximate surface area is 128 Å². The number of rotatable bonds is 6. The van der Waals surface area contributed by atoms with Gasteiger partial charge in [0.2, 0.25) is 0 Å². The normalized spacial score (nSPS) is 9.82. The largest absolute Gasteiger partial charge is 0.484 e. The summed E-state index contributed by atoms with van der Waals surface area (Å²) in [4.78, 5) is 11.7. The van der Waals surface area contributed by atoms with E-state index in [1.165, 1.54) is 6.07 Å². The lowest BCUT2D eigenvalue weighted by molar-refractivity contribution is -0.123. The number of amides is 1. The quantitative estimate of drug-likeness (QED) is 0.891. The Morgan fingerprint density at radius 1 is 1.23 bits per heavy atom. The molecule has 0 atom stereocenters. The van der Waals surface area contributed by atoms with Crippen LogP contribution in [0.4, 0.5) is 4.39 Å². The molecule has 0 spiro atoms. The van der Waals surface area contributed by atoms with E-state index in [0.717, 1.165) is 0 Å². The van der Waals surface area contributed by atoms with Gasteiger partial charge < -0.3 is 10.1 Å². The van der Waals surface area contributed by atoms with E-state index in [9.17, 15) is 9.18 Å². The van der Waals surface area contributed by atoms with Crippen LogP contribution in [0.25, 0.3) is 0 Å². The maximum atomic E-state index is 13.4. The summed E-state index contributed by atoms with van der Waals surface area (Å²) in [5.74, 6) is -0.108. The topological polar surface area (TPSA) is 62.1 Å². The predicted octanol–water partition coefficient (Wildman–Crippen LogP) is 2.44. The molecule has 0 saturated carbocycles. The molecule has 0 radical (unpaired) electrons. The molecule has 22 heavy (non-hydrogen) atoms. The van der Waals surface area contributed by atoms with Gasteiger partial charge in [-0.2, -0.15) is 5.26 Å².